The zero-order chi connectivity index (χ0) is 38.6. The summed E-state index contributed by atoms with van der Waals surface area (Å²) in [5, 5.41) is 0. The third kappa shape index (κ3) is 3.94. The topological polar surface area (TPSA) is 38.7 Å². The van der Waals surface area contributed by atoms with Gasteiger partial charge in [0.2, 0.25) is 0 Å². The molecule has 44 heavy (non-hydrogen) atoms. The summed E-state index contributed by atoms with van der Waals surface area (Å²) in [6.07, 6.45) is -1.42. The van der Waals surface area contributed by atoms with E-state index < -0.39 is 48.6 Å². The van der Waals surface area contributed by atoms with Gasteiger partial charge in [0.15, 0.2) is 17.5 Å². The average Bonchev–Trinajstić information content (AvgIpc) is 3.73. The molecule has 3 heteroatoms. The van der Waals surface area contributed by atoms with Crippen molar-refractivity contribution < 1.29 is 15.1 Å². The van der Waals surface area contributed by atoms with E-state index in [4.69, 9.17) is 25.9 Å². The molecule has 2 unspecified atom stereocenters. The molecule has 7 aromatic rings. The van der Waals surface area contributed by atoms with Gasteiger partial charge in [-0.05, 0) is 62.5 Å². The van der Waals surface area contributed by atoms with Gasteiger partial charge in [-0.25, -0.2) is 15.0 Å². The summed E-state index contributed by atoms with van der Waals surface area (Å²) in [6.45, 7) is 0. The first-order valence-electron chi connectivity index (χ1n) is 19.8. The summed E-state index contributed by atoms with van der Waals surface area (Å²) in [4.78, 5) is 14.5. The third-order valence-corrected chi connectivity index (χ3v) is 8.10. The summed E-state index contributed by atoms with van der Waals surface area (Å²) < 4.78 is 97.8. The Bertz CT molecular complexity index is 2740. The lowest BCUT2D eigenvalue weighted by molar-refractivity contribution is 1.01. The van der Waals surface area contributed by atoms with Crippen LogP contribution in [0.1, 0.15) is 48.8 Å². The molecule has 6 aromatic carbocycles. The Morgan fingerprint density at radius 3 is 1.86 bits per heavy atom. The third-order valence-electron chi connectivity index (χ3n) is 8.10. The molecule has 0 saturated heterocycles. The van der Waals surface area contributed by atoms with Crippen LogP contribution in [0.2, 0.25) is 0 Å². The largest absolute Gasteiger partial charge is 0.208 e. The molecular formula is C41H27N3. The first-order valence-corrected chi connectivity index (χ1v) is 14.2. The molecule has 1 heterocycles. The van der Waals surface area contributed by atoms with Crippen LogP contribution in [0.3, 0.4) is 0 Å². The van der Waals surface area contributed by atoms with Gasteiger partial charge in [0.25, 0.3) is 0 Å². The minimum Gasteiger partial charge on any atom is -0.208 e. The average molecular weight is 573 g/mol. The molecule has 2 atom stereocenters. The summed E-state index contributed by atoms with van der Waals surface area (Å²) in [5.74, 6) is 0.222. The molecule has 0 spiro atoms. The molecule has 0 amide bonds. The molecule has 9 rings (SSSR count). The lowest BCUT2D eigenvalue weighted by Crippen LogP contribution is -2.02. The van der Waals surface area contributed by atoms with E-state index in [1.165, 1.54) is 0 Å². The summed E-state index contributed by atoms with van der Waals surface area (Å²) in [7, 11) is 0. The van der Waals surface area contributed by atoms with E-state index >= 15 is 0 Å². The van der Waals surface area contributed by atoms with Crippen LogP contribution in [0.5, 0.6) is 0 Å². The fourth-order valence-electron chi connectivity index (χ4n) is 6.15. The maximum atomic E-state index is 9.41. The molecule has 2 aliphatic carbocycles. The van der Waals surface area contributed by atoms with Crippen molar-refractivity contribution in [2.24, 2.45) is 0 Å². The van der Waals surface area contributed by atoms with Crippen molar-refractivity contribution in [3.63, 3.8) is 0 Å². The van der Waals surface area contributed by atoms with Gasteiger partial charge in [0, 0.05) is 24.0 Å². The van der Waals surface area contributed by atoms with Crippen molar-refractivity contribution >= 4 is 0 Å². The standard InChI is InChI=1S/C41H27N3/c1-3-12-26(13-4-1)39-42-40(27-14-5-2-6-15-27)44-41(43-39)31-18-11-17-29(25-31)36-33-20-9-10-21-34(33)38-35(36)23-22-30-24-28-16-7-8-19-32(28)37(30)38/h1-23,25,36H,24H2/i7D,8D,9D,10D,16D,19D,20D,21D,22D,23D,24D. The van der Waals surface area contributed by atoms with Gasteiger partial charge in [-0.2, -0.15) is 0 Å². The zero-order valence-electron chi connectivity index (χ0n) is 34.1. The van der Waals surface area contributed by atoms with Gasteiger partial charge in [0.1, 0.15) is 0 Å². The molecule has 206 valence electrons. The Hall–Kier alpha value is -5.67. The first kappa shape index (κ1) is 16.3. The van der Waals surface area contributed by atoms with Gasteiger partial charge in [-0.1, -0.05) is 139 Å². The highest BCUT2D eigenvalue weighted by Gasteiger charge is 2.35. The smallest absolute Gasteiger partial charge is 0.164 e. The van der Waals surface area contributed by atoms with E-state index in [1.807, 2.05) is 66.7 Å². The van der Waals surface area contributed by atoms with Crippen LogP contribution in [0.25, 0.3) is 56.4 Å². The number of aromatic nitrogens is 3. The minimum atomic E-state index is -1.42. The molecule has 0 aliphatic heterocycles. The van der Waals surface area contributed by atoms with Gasteiger partial charge >= 0.3 is 0 Å². The predicted molar refractivity (Wildman–Crippen MR) is 177 cm³/mol. The van der Waals surface area contributed by atoms with Crippen molar-refractivity contribution in [2.75, 3.05) is 0 Å². The molecule has 1 aromatic heterocycles. The Balaban J connectivity index is 1.33. The van der Waals surface area contributed by atoms with Crippen molar-refractivity contribution in [1.82, 2.24) is 15.0 Å². The Labute approximate surface area is 272 Å². The maximum Gasteiger partial charge on any atom is 0.164 e. The predicted octanol–water partition coefficient (Wildman–Crippen LogP) is 9.60. The second-order valence-corrected chi connectivity index (χ2v) is 10.6. The number of fused-ring (bicyclic) bond motifs is 7. The Kier molecular flexibility index (Phi) is 3.68. The van der Waals surface area contributed by atoms with E-state index in [-0.39, 0.29) is 68.7 Å². The highest BCUT2D eigenvalue weighted by atomic mass is 15.0. The van der Waals surface area contributed by atoms with E-state index in [1.54, 1.807) is 18.2 Å². The molecule has 2 aliphatic rings. The van der Waals surface area contributed by atoms with Crippen molar-refractivity contribution in [2.45, 2.75) is 12.3 Å². The lowest BCUT2D eigenvalue weighted by Gasteiger charge is -2.16. The first-order chi connectivity index (χ1) is 26.4. The monoisotopic (exact) mass is 572 g/mol. The zero-order valence-corrected chi connectivity index (χ0v) is 23.1. The molecule has 3 nitrogen and oxygen atoms in total. The van der Waals surface area contributed by atoms with Crippen LogP contribution < -0.4 is 0 Å². The van der Waals surface area contributed by atoms with Crippen molar-refractivity contribution in [3.8, 4) is 56.4 Å². The van der Waals surface area contributed by atoms with Crippen LogP contribution in [-0.4, -0.2) is 15.0 Å². The van der Waals surface area contributed by atoms with E-state index in [0.29, 0.717) is 28.6 Å². The Morgan fingerprint density at radius 1 is 0.523 bits per heavy atom. The summed E-state index contributed by atoms with van der Waals surface area (Å²) >= 11 is 0. The minimum absolute atomic E-state index is 0.00517. The van der Waals surface area contributed by atoms with Gasteiger partial charge in [-0.15, -0.1) is 0 Å². The molecule has 0 bridgehead atoms. The van der Waals surface area contributed by atoms with Crippen LogP contribution in [0.4, 0.5) is 0 Å². The SMILES string of the molecule is [2H]c1c([2H])c([2H])c2c(c1[2H])-c1c3c(c([2H])c([2H])c1C2[2H])C(c1cccc(-c2nc(-c4ccccc4)nc(-c4ccccc4)n2)c1)c1c([2H])c([2H])c([2H])c([2H])c1-3. The highest BCUT2D eigenvalue weighted by Crippen LogP contribution is 2.54. The van der Waals surface area contributed by atoms with Crippen LogP contribution in [-0.2, 0) is 6.40 Å². The number of nitrogens with zero attached hydrogens (tertiary/aromatic N) is 3. The molecule has 0 N–H and O–H groups in total. The second kappa shape index (κ2) is 9.96. The molecule has 0 radical (unpaired) electrons. The van der Waals surface area contributed by atoms with Crippen molar-refractivity contribution in [1.29, 1.82) is 0 Å². The van der Waals surface area contributed by atoms with Gasteiger partial charge < -0.3 is 0 Å². The second-order valence-electron chi connectivity index (χ2n) is 10.6. The molecule has 0 fully saturated rings. The van der Waals surface area contributed by atoms with Crippen LogP contribution in [0, 0.1) is 0 Å². The van der Waals surface area contributed by atoms with Crippen LogP contribution >= 0.6 is 0 Å². The van der Waals surface area contributed by atoms with Crippen molar-refractivity contribution in [3.05, 3.63) is 173 Å². The number of hydrogen-bond donors (Lipinski definition) is 0. The van der Waals surface area contributed by atoms with E-state index in [2.05, 4.69) is 0 Å². The van der Waals surface area contributed by atoms with E-state index in [9.17, 15) is 4.11 Å². The quantitative estimate of drug-likeness (QED) is 0.211. The fourth-order valence-corrected chi connectivity index (χ4v) is 6.15. The lowest BCUT2D eigenvalue weighted by atomic mass is 9.87. The molecule has 0 saturated carbocycles. The van der Waals surface area contributed by atoms with Gasteiger partial charge in [0.05, 0.1) is 13.7 Å². The highest BCUT2D eigenvalue weighted by molar-refractivity contribution is 5.96. The number of benzene rings is 6. The van der Waals surface area contributed by atoms with Crippen LogP contribution in [0.15, 0.2) is 145 Å². The van der Waals surface area contributed by atoms with E-state index in [0.717, 1.165) is 11.1 Å². The molecular weight excluding hydrogens is 534 g/mol. The Morgan fingerprint density at radius 2 is 1.14 bits per heavy atom. The fraction of sp³-hybridized carbons (Fsp3) is 0.0488. The normalized spacial score (nSPS) is 19.2. The maximum absolute atomic E-state index is 9.41. The number of hydrogen-bond acceptors (Lipinski definition) is 3. The summed E-state index contributed by atoms with van der Waals surface area (Å²) in [5.41, 5.74) is 3.35. The number of rotatable bonds is 4. The summed E-state index contributed by atoms with van der Waals surface area (Å²) in [6, 6.07) is 21.9. The van der Waals surface area contributed by atoms with Gasteiger partial charge in [-0.3, -0.25) is 0 Å².